The Morgan fingerprint density at radius 3 is 2.67 bits per heavy atom. The van der Waals surface area contributed by atoms with Crippen LogP contribution in [0.25, 0.3) is 0 Å². The Labute approximate surface area is 136 Å². The highest BCUT2D eigenvalue weighted by Crippen LogP contribution is 2.30. The second-order valence-electron chi connectivity index (χ2n) is 7.23. The molecule has 21 heavy (non-hydrogen) atoms. The summed E-state index contributed by atoms with van der Waals surface area (Å²) < 4.78 is 0. The van der Waals surface area contributed by atoms with Gasteiger partial charge in [-0.3, -0.25) is 4.79 Å². The van der Waals surface area contributed by atoms with Crippen LogP contribution in [0.3, 0.4) is 0 Å². The van der Waals surface area contributed by atoms with E-state index in [2.05, 4.69) is 31.4 Å². The highest BCUT2D eigenvalue weighted by molar-refractivity contribution is 5.85. The molecular weight excluding hydrogens is 284 g/mol. The number of piperidine rings is 1. The maximum atomic E-state index is 12.3. The van der Waals surface area contributed by atoms with Crippen LogP contribution in [0.1, 0.15) is 59.3 Å². The van der Waals surface area contributed by atoms with Gasteiger partial charge in [-0.25, -0.2) is 0 Å². The molecule has 0 aromatic rings. The zero-order valence-corrected chi connectivity index (χ0v) is 14.7. The van der Waals surface area contributed by atoms with Crippen molar-refractivity contribution in [2.45, 2.75) is 65.3 Å². The lowest BCUT2D eigenvalue weighted by Gasteiger charge is -2.35. The van der Waals surface area contributed by atoms with Gasteiger partial charge in [-0.1, -0.05) is 33.6 Å². The Kier molecular flexibility index (Phi) is 8.04. The van der Waals surface area contributed by atoms with Gasteiger partial charge >= 0.3 is 0 Å². The number of halogens is 1. The van der Waals surface area contributed by atoms with Crippen LogP contribution >= 0.6 is 12.4 Å². The fraction of sp³-hybridized carbons (Fsp3) is 0.941. The first kappa shape index (κ1) is 18.8. The summed E-state index contributed by atoms with van der Waals surface area (Å²) in [5.41, 5.74) is 0. The minimum absolute atomic E-state index is 0. The Morgan fingerprint density at radius 2 is 2.00 bits per heavy atom. The van der Waals surface area contributed by atoms with Crippen molar-refractivity contribution in [3.05, 3.63) is 0 Å². The van der Waals surface area contributed by atoms with Crippen LogP contribution < -0.4 is 10.6 Å². The number of nitrogens with one attached hydrogen (secondary N) is 2. The molecule has 2 N–H and O–H groups in total. The molecule has 0 bridgehead atoms. The van der Waals surface area contributed by atoms with Gasteiger partial charge in [-0.05, 0) is 56.0 Å². The largest absolute Gasteiger partial charge is 0.353 e. The van der Waals surface area contributed by atoms with E-state index in [9.17, 15) is 4.79 Å². The van der Waals surface area contributed by atoms with E-state index in [-0.39, 0.29) is 18.3 Å². The molecule has 0 aromatic heterocycles. The normalized spacial score (nSPS) is 34.6. The van der Waals surface area contributed by atoms with Crippen LogP contribution in [-0.2, 0) is 4.79 Å². The van der Waals surface area contributed by atoms with Crippen LogP contribution in [0, 0.1) is 23.7 Å². The fourth-order valence-corrected chi connectivity index (χ4v) is 3.87. The molecule has 1 aliphatic carbocycles. The van der Waals surface area contributed by atoms with Gasteiger partial charge in [-0.2, -0.15) is 0 Å². The summed E-state index contributed by atoms with van der Waals surface area (Å²) in [6.07, 6.45) is 6.98. The molecule has 1 saturated carbocycles. The van der Waals surface area contributed by atoms with Gasteiger partial charge in [0.1, 0.15) is 0 Å². The monoisotopic (exact) mass is 316 g/mol. The van der Waals surface area contributed by atoms with Gasteiger partial charge in [0.2, 0.25) is 5.91 Å². The molecule has 1 aliphatic heterocycles. The van der Waals surface area contributed by atoms with E-state index in [1.165, 1.54) is 25.7 Å². The van der Waals surface area contributed by atoms with Gasteiger partial charge in [0.25, 0.3) is 0 Å². The molecule has 124 valence electrons. The third-order valence-corrected chi connectivity index (χ3v) is 5.70. The van der Waals surface area contributed by atoms with Gasteiger partial charge in [0.05, 0.1) is 0 Å². The summed E-state index contributed by atoms with van der Waals surface area (Å²) in [6, 6.07) is 0.405. The lowest BCUT2D eigenvalue weighted by Crippen LogP contribution is -2.44. The van der Waals surface area contributed by atoms with Gasteiger partial charge in [0.15, 0.2) is 0 Å². The number of hydrogen-bond donors (Lipinski definition) is 2. The van der Waals surface area contributed by atoms with Crippen molar-refractivity contribution >= 4 is 18.3 Å². The minimum Gasteiger partial charge on any atom is -0.353 e. The van der Waals surface area contributed by atoms with E-state index >= 15 is 0 Å². The lowest BCUT2D eigenvalue weighted by atomic mass is 9.78. The van der Waals surface area contributed by atoms with Crippen LogP contribution in [0.15, 0.2) is 0 Å². The molecular formula is C17H33ClN2O. The second kappa shape index (κ2) is 8.99. The number of amides is 1. The summed E-state index contributed by atoms with van der Waals surface area (Å²) in [6.45, 7) is 9.09. The summed E-state index contributed by atoms with van der Waals surface area (Å²) >= 11 is 0. The molecule has 0 radical (unpaired) electrons. The molecule has 0 aromatic carbocycles. The molecule has 1 amide bonds. The third kappa shape index (κ3) is 5.45. The summed E-state index contributed by atoms with van der Waals surface area (Å²) in [5, 5.41) is 6.76. The zero-order valence-electron chi connectivity index (χ0n) is 13.9. The first-order valence-corrected chi connectivity index (χ1v) is 8.58. The van der Waals surface area contributed by atoms with Crippen LogP contribution in [0.5, 0.6) is 0 Å². The smallest absolute Gasteiger partial charge is 0.220 e. The second-order valence-corrected chi connectivity index (χ2v) is 7.23. The lowest BCUT2D eigenvalue weighted by molar-refractivity contribution is -0.123. The predicted octanol–water partition coefficient (Wildman–Crippen LogP) is 3.37. The zero-order chi connectivity index (χ0) is 14.5. The van der Waals surface area contributed by atoms with Crippen molar-refractivity contribution in [3.63, 3.8) is 0 Å². The van der Waals surface area contributed by atoms with Crippen LogP contribution in [-0.4, -0.2) is 25.0 Å². The molecule has 3 nitrogen and oxygen atoms in total. The van der Waals surface area contributed by atoms with Crippen molar-refractivity contribution in [1.29, 1.82) is 0 Å². The van der Waals surface area contributed by atoms with Gasteiger partial charge in [0, 0.05) is 12.5 Å². The molecule has 1 heterocycles. The van der Waals surface area contributed by atoms with Crippen molar-refractivity contribution in [3.8, 4) is 0 Å². The van der Waals surface area contributed by atoms with E-state index in [4.69, 9.17) is 0 Å². The third-order valence-electron chi connectivity index (χ3n) is 5.70. The average Bonchev–Trinajstić information content (AvgIpc) is 2.45. The van der Waals surface area contributed by atoms with Crippen LogP contribution in [0.4, 0.5) is 0 Å². The Morgan fingerprint density at radius 1 is 1.24 bits per heavy atom. The molecule has 0 spiro atoms. The minimum atomic E-state index is 0. The van der Waals surface area contributed by atoms with E-state index in [1.807, 2.05) is 0 Å². The van der Waals surface area contributed by atoms with E-state index in [0.717, 1.165) is 25.4 Å². The van der Waals surface area contributed by atoms with Crippen molar-refractivity contribution in [2.75, 3.05) is 13.1 Å². The van der Waals surface area contributed by atoms with E-state index < -0.39 is 0 Å². The molecule has 2 fully saturated rings. The van der Waals surface area contributed by atoms with E-state index in [1.54, 1.807) is 0 Å². The Hall–Kier alpha value is -0.280. The molecule has 2 aliphatic rings. The maximum absolute atomic E-state index is 12.3. The van der Waals surface area contributed by atoms with Crippen molar-refractivity contribution < 1.29 is 4.79 Å². The highest BCUT2D eigenvalue weighted by Gasteiger charge is 2.29. The number of carbonyl (C=O) groups is 1. The summed E-state index contributed by atoms with van der Waals surface area (Å²) in [4.78, 5) is 12.3. The van der Waals surface area contributed by atoms with Crippen molar-refractivity contribution in [2.24, 2.45) is 23.7 Å². The summed E-state index contributed by atoms with van der Waals surface area (Å²) in [5.74, 6) is 2.82. The quantitative estimate of drug-likeness (QED) is 0.835. The summed E-state index contributed by atoms with van der Waals surface area (Å²) in [7, 11) is 0. The van der Waals surface area contributed by atoms with Crippen molar-refractivity contribution in [1.82, 2.24) is 10.6 Å². The SMILES string of the molecule is CC(CC(=O)NC1CCCC(C)C1C)C1CCCNC1.Cl. The fourth-order valence-electron chi connectivity index (χ4n) is 3.87. The van der Waals surface area contributed by atoms with E-state index in [0.29, 0.717) is 30.2 Å². The molecule has 4 heteroatoms. The number of hydrogen-bond acceptors (Lipinski definition) is 2. The van der Waals surface area contributed by atoms with Crippen LogP contribution in [0.2, 0.25) is 0 Å². The topological polar surface area (TPSA) is 41.1 Å². The Bertz CT molecular complexity index is 318. The Balaban J connectivity index is 0.00000220. The maximum Gasteiger partial charge on any atom is 0.220 e. The molecule has 2 rings (SSSR count). The first-order valence-electron chi connectivity index (χ1n) is 8.58. The van der Waals surface area contributed by atoms with Gasteiger partial charge < -0.3 is 10.6 Å². The highest BCUT2D eigenvalue weighted by atomic mass is 35.5. The number of rotatable bonds is 4. The van der Waals surface area contributed by atoms with Gasteiger partial charge in [-0.15, -0.1) is 12.4 Å². The molecule has 1 saturated heterocycles. The predicted molar refractivity (Wildman–Crippen MR) is 90.7 cm³/mol. The first-order chi connectivity index (χ1) is 9.58. The average molecular weight is 317 g/mol. The molecule has 5 atom stereocenters. The standard InChI is InChI=1S/C17H32N2O.ClH/c1-12-6-4-8-16(14(12)3)19-17(20)10-13(2)15-7-5-9-18-11-15;/h12-16,18H,4-11H2,1-3H3,(H,19,20);1H. The number of carbonyl (C=O) groups excluding carboxylic acids is 1. The molecule has 5 unspecified atom stereocenters.